The van der Waals surface area contributed by atoms with Crippen LogP contribution in [-0.4, -0.2) is 17.5 Å². The van der Waals surface area contributed by atoms with Gasteiger partial charge < -0.3 is 14.5 Å². The molecule has 23 heavy (non-hydrogen) atoms. The zero-order chi connectivity index (χ0) is 16.1. The van der Waals surface area contributed by atoms with E-state index in [0.29, 0.717) is 30.0 Å². The van der Waals surface area contributed by atoms with Gasteiger partial charge in [-0.3, -0.25) is 9.78 Å². The van der Waals surface area contributed by atoms with Crippen molar-refractivity contribution in [2.45, 2.75) is 6.54 Å². The molecule has 116 valence electrons. The Balaban J connectivity index is 1.80. The largest absolute Gasteiger partial charge is 0.489 e. The third-order valence-corrected chi connectivity index (χ3v) is 3.31. The van der Waals surface area contributed by atoms with Crippen molar-refractivity contribution in [3.8, 4) is 5.75 Å². The van der Waals surface area contributed by atoms with E-state index < -0.39 is 0 Å². The number of hydrogen-bond donors (Lipinski definition) is 1. The summed E-state index contributed by atoms with van der Waals surface area (Å²) in [6, 6.07) is 10.8. The smallest absolute Gasteiger partial charge is 0.251 e. The number of nitrogens with one attached hydrogen (secondary N) is 1. The van der Waals surface area contributed by atoms with Gasteiger partial charge in [-0.2, -0.15) is 0 Å². The number of ether oxygens (including phenoxy) is 1. The van der Waals surface area contributed by atoms with Gasteiger partial charge in [-0.25, -0.2) is 0 Å². The lowest BCUT2D eigenvalue weighted by Crippen LogP contribution is -2.23. The molecule has 3 rings (SSSR count). The molecule has 0 fully saturated rings. The number of amides is 1. The lowest BCUT2D eigenvalue weighted by atomic mass is 10.1. The summed E-state index contributed by atoms with van der Waals surface area (Å²) in [6.07, 6.45) is 4.92. The number of aromatic nitrogens is 1. The van der Waals surface area contributed by atoms with Crippen molar-refractivity contribution in [2.75, 3.05) is 6.61 Å². The van der Waals surface area contributed by atoms with Gasteiger partial charge in [-0.1, -0.05) is 18.7 Å². The van der Waals surface area contributed by atoms with Crippen molar-refractivity contribution < 1.29 is 13.9 Å². The van der Waals surface area contributed by atoms with Crippen molar-refractivity contribution >= 4 is 16.9 Å². The van der Waals surface area contributed by atoms with Gasteiger partial charge in [0.1, 0.15) is 17.9 Å². The van der Waals surface area contributed by atoms with Gasteiger partial charge in [0.25, 0.3) is 5.91 Å². The van der Waals surface area contributed by atoms with Gasteiger partial charge in [0.15, 0.2) is 0 Å². The van der Waals surface area contributed by atoms with Crippen molar-refractivity contribution in [1.29, 1.82) is 0 Å². The Bertz CT molecular complexity index is 825. The van der Waals surface area contributed by atoms with Crippen LogP contribution in [0, 0.1) is 0 Å². The Kier molecular flexibility index (Phi) is 4.38. The average Bonchev–Trinajstić information content (AvgIpc) is 3.07. The normalized spacial score (nSPS) is 10.4. The predicted molar refractivity (Wildman–Crippen MR) is 87.3 cm³/mol. The fourth-order valence-corrected chi connectivity index (χ4v) is 2.21. The molecule has 0 aliphatic carbocycles. The van der Waals surface area contributed by atoms with E-state index in [1.54, 1.807) is 30.7 Å². The Morgan fingerprint density at radius 2 is 2.26 bits per heavy atom. The number of carbonyl (C=O) groups is 1. The maximum Gasteiger partial charge on any atom is 0.251 e. The van der Waals surface area contributed by atoms with E-state index in [-0.39, 0.29) is 5.91 Å². The van der Waals surface area contributed by atoms with Gasteiger partial charge in [-0.15, -0.1) is 0 Å². The molecule has 5 nitrogen and oxygen atoms in total. The number of furan rings is 1. The molecule has 2 aromatic heterocycles. The fourth-order valence-electron chi connectivity index (χ4n) is 2.21. The summed E-state index contributed by atoms with van der Waals surface area (Å²) in [5.74, 6) is 0.386. The first kappa shape index (κ1) is 14.8. The molecular weight excluding hydrogens is 292 g/mol. The minimum Gasteiger partial charge on any atom is -0.489 e. The van der Waals surface area contributed by atoms with Crippen LogP contribution in [-0.2, 0) is 6.54 Å². The second kappa shape index (κ2) is 6.79. The highest BCUT2D eigenvalue weighted by Crippen LogP contribution is 2.28. The van der Waals surface area contributed by atoms with Crippen LogP contribution in [0.5, 0.6) is 5.75 Å². The van der Waals surface area contributed by atoms with E-state index in [1.807, 2.05) is 24.3 Å². The minimum absolute atomic E-state index is 0.211. The second-order valence-electron chi connectivity index (χ2n) is 4.91. The molecule has 0 saturated heterocycles. The van der Waals surface area contributed by atoms with Crippen LogP contribution in [0.3, 0.4) is 0 Å². The lowest BCUT2D eigenvalue weighted by Gasteiger charge is -2.09. The highest BCUT2D eigenvalue weighted by atomic mass is 16.5. The molecule has 0 atom stereocenters. The Labute approximate surface area is 133 Å². The van der Waals surface area contributed by atoms with Gasteiger partial charge >= 0.3 is 0 Å². The third kappa shape index (κ3) is 3.40. The molecule has 0 aliphatic heterocycles. The zero-order valence-electron chi connectivity index (χ0n) is 12.5. The number of nitrogens with zero attached hydrogens (tertiary/aromatic N) is 1. The maximum absolute atomic E-state index is 12.4. The molecule has 1 amide bonds. The standard InChI is InChI=1S/C18H16N2O3/c1-2-8-22-16-10-13(11-17-15(16)6-9-23-17)18(21)20-12-14-5-3-4-7-19-14/h2-7,9-11H,1,8,12H2,(H,20,21). The number of hydrogen-bond acceptors (Lipinski definition) is 4. The molecule has 1 aromatic carbocycles. The Hall–Kier alpha value is -3.08. The molecular formula is C18H16N2O3. The van der Waals surface area contributed by atoms with Gasteiger partial charge in [0.05, 0.1) is 23.9 Å². The molecule has 0 saturated carbocycles. The van der Waals surface area contributed by atoms with E-state index in [4.69, 9.17) is 9.15 Å². The predicted octanol–water partition coefficient (Wildman–Crippen LogP) is 3.32. The SMILES string of the molecule is C=CCOc1cc(C(=O)NCc2ccccn2)cc2occc12. The molecule has 0 radical (unpaired) electrons. The molecule has 0 unspecified atom stereocenters. The summed E-state index contributed by atoms with van der Waals surface area (Å²) in [5.41, 5.74) is 1.88. The lowest BCUT2D eigenvalue weighted by molar-refractivity contribution is 0.0950. The van der Waals surface area contributed by atoms with Crippen LogP contribution in [0.15, 0.2) is 65.9 Å². The van der Waals surface area contributed by atoms with E-state index in [1.165, 1.54) is 0 Å². The van der Waals surface area contributed by atoms with Crippen LogP contribution in [0.4, 0.5) is 0 Å². The zero-order valence-corrected chi connectivity index (χ0v) is 12.5. The number of carbonyl (C=O) groups excluding carboxylic acids is 1. The summed E-state index contributed by atoms with van der Waals surface area (Å²) in [5, 5.41) is 3.66. The molecule has 0 spiro atoms. The highest BCUT2D eigenvalue weighted by Gasteiger charge is 2.13. The van der Waals surface area contributed by atoms with E-state index >= 15 is 0 Å². The van der Waals surface area contributed by atoms with Crippen molar-refractivity contribution in [2.24, 2.45) is 0 Å². The van der Waals surface area contributed by atoms with Crippen LogP contribution in [0.25, 0.3) is 11.0 Å². The summed E-state index contributed by atoms with van der Waals surface area (Å²) >= 11 is 0. The molecule has 3 aromatic rings. The fraction of sp³-hybridized carbons (Fsp3) is 0.111. The van der Waals surface area contributed by atoms with Crippen LogP contribution in [0.1, 0.15) is 16.1 Å². The molecule has 0 bridgehead atoms. The first-order valence-electron chi connectivity index (χ1n) is 7.21. The maximum atomic E-state index is 12.4. The second-order valence-corrected chi connectivity index (χ2v) is 4.91. The quantitative estimate of drug-likeness (QED) is 0.709. The number of benzene rings is 1. The summed E-state index contributed by atoms with van der Waals surface area (Å²) in [7, 11) is 0. The van der Waals surface area contributed by atoms with Crippen molar-refractivity contribution in [3.63, 3.8) is 0 Å². The van der Waals surface area contributed by atoms with Crippen LogP contribution in [0.2, 0.25) is 0 Å². The summed E-state index contributed by atoms with van der Waals surface area (Å²) < 4.78 is 11.0. The molecule has 0 aliphatic rings. The van der Waals surface area contributed by atoms with Crippen LogP contribution < -0.4 is 10.1 Å². The monoisotopic (exact) mass is 308 g/mol. The third-order valence-electron chi connectivity index (χ3n) is 3.31. The summed E-state index contributed by atoms with van der Waals surface area (Å²) in [6.45, 7) is 4.35. The van der Waals surface area contributed by atoms with E-state index in [9.17, 15) is 4.79 Å². The number of pyridine rings is 1. The highest BCUT2D eigenvalue weighted by molar-refractivity contribution is 5.99. The van der Waals surface area contributed by atoms with E-state index in [0.717, 1.165) is 11.1 Å². The minimum atomic E-state index is -0.211. The van der Waals surface area contributed by atoms with Gasteiger partial charge in [-0.05, 0) is 30.3 Å². The first-order valence-corrected chi connectivity index (χ1v) is 7.21. The first-order chi connectivity index (χ1) is 11.3. The summed E-state index contributed by atoms with van der Waals surface area (Å²) in [4.78, 5) is 16.5. The van der Waals surface area contributed by atoms with Crippen molar-refractivity contribution in [3.05, 3.63) is 72.8 Å². The number of fused-ring (bicyclic) bond motifs is 1. The Morgan fingerprint density at radius 1 is 1.35 bits per heavy atom. The topological polar surface area (TPSA) is 64.4 Å². The molecule has 5 heteroatoms. The van der Waals surface area contributed by atoms with Crippen LogP contribution >= 0.6 is 0 Å². The van der Waals surface area contributed by atoms with Gasteiger partial charge in [0.2, 0.25) is 0 Å². The molecule has 1 N–H and O–H groups in total. The molecule has 2 heterocycles. The van der Waals surface area contributed by atoms with E-state index in [2.05, 4.69) is 16.9 Å². The van der Waals surface area contributed by atoms with Crippen molar-refractivity contribution in [1.82, 2.24) is 10.3 Å². The average molecular weight is 308 g/mol. The van der Waals surface area contributed by atoms with Gasteiger partial charge in [0, 0.05) is 11.8 Å². The number of rotatable bonds is 6. The Morgan fingerprint density at radius 3 is 3.04 bits per heavy atom.